The Kier molecular flexibility index (Phi) is 17.4. The number of rotatable bonds is 14. The highest BCUT2D eigenvalue weighted by Crippen LogP contribution is 2.37. The Balaban J connectivity index is 0.000000137. The van der Waals surface area contributed by atoms with Crippen molar-refractivity contribution in [2.75, 3.05) is 63.2 Å². The van der Waals surface area contributed by atoms with Gasteiger partial charge in [-0.1, -0.05) is 48.5 Å². The molecule has 28 heteroatoms. The summed E-state index contributed by atoms with van der Waals surface area (Å²) in [5.41, 5.74) is 10.6. The number of halogens is 5. The van der Waals surface area contributed by atoms with Crippen molar-refractivity contribution in [3.05, 3.63) is 138 Å². The summed E-state index contributed by atoms with van der Waals surface area (Å²) in [6.07, 6.45) is 3.28. The van der Waals surface area contributed by atoms with Gasteiger partial charge in [0, 0.05) is 85.5 Å². The van der Waals surface area contributed by atoms with Gasteiger partial charge in [-0.05, 0) is 90.0 Å². The van der Waals surface area contributed by atoms with Gasteiger partial charge in [-0.2, -0.15) is 17.6 Å². The number of anilines is 4. The van der Waals surface area contributed by atoms with Crippen LogP contribution < -0.4 is 16.1 Å². The molecule has 0 saturated carbocycles. The largest absolute Gasteiger partial charge is 0.494 e. The van der Waals surface area contributed by atoms with Crippen molar-refractivity contribution in [3.63, 3.8) is 0 Å². The van der Waals surface area contributed by atoms with Gasteiger partial charge in [-0.15, -0.1) is 20.4 Å². The minimum Gasteiger partial charge on any atom is -0.415 e. The number of morpholine rings is 2. The van der Waals surface area contributed by atoms with Crippen LogP contribution in [0.5, 0.6) is 0 Å². The third-order valence-electron chi connectivity index (χ3n) is 14.4. The van der Waals surface area contributed by atoms with Crippen LogP contribution in [0.2, 0.25) is 0 Å². The van der Waals surface area contributed by atoms with Crippen LogP contribution in [0.3, 0.4) is 0 Å². The lowest BCUT2D eigenvalue weighted by Crippen LogP contribution is -2.41. The van der Waals surface area contributed by atoms with Crippen LogP contribution in [-0.2, 0) is 31.9 Å². The fourth-order valence-corrected chi connectivity index (χ4v) is 9.71. The number of H-pyrrole nitrogens is 2. The van der Waals surface area contributed by atoms with E-state index in [1.807, 2.05) is 24.3 Å². The molecule has 0 amide bonds. The molecule has 0 bridgehead atoms. The number of hydrogen-bond donors (Lipinski definition) is 4. The second-order valence-electron chi connectivity index (χ2n) is 20.7. The number of ether oxygens (including phenoxy) is 2. The van der Waals surface area contributed by atoms with Crippen molar-refractivity contribution < 1.29 is 45.2 Å². The Hall–Kier alpha value is -8.12. The van der Waals surface area contributed by atoms with Crippen molar-refractivity contribution >= 4 is 73.8 Å². The van der Waals surface area contributed by atoms with Crippen LogP contribution >= 0.6 is 15.9 Å². The molecule has 13 rings (SSSR count). The van der Waals surface area contributed by atoms with Gasteiger partial charge >= 0.3 is 20.0 Å². The molecule has 434 valence electrons. The molecule has 6 aromatic heterocycles. The van der Waals surface area contributed by atoms with Gasteiger partial charge in [0.15, 0.2) is 0 Å². The van der Waals surface area contributed by atoms with Crippen LogP contribution in [0.1, 0.15) is 63.5 Å². The standard InChI is InChI=1S/C25H22F2N8O2.C17H26BNO3.C14H8BrF2N7O/c26-22(27)24-34-33-23(37-24)17-11-28-25(29-12-17)32-18-9-19(21-20(10-18)30-14-31-21)16-3-1-15(2-4-16)13-35-5-7-36-8-6-35;1-16(2)17(3,4)22-18(21-16)15-7-5-14(6-8-15)13-19-9-11-20-12-10-19;15-8-1-7(2-9-10(8)21-5-20-9)22-14-18-3-6(4-19-14)12-23-24-13(25-12)11(16)17/h1-4,9-12,14,22H,5-8,13H2,(H,30,31)(H,28,29,32);5-8H,9-13H2,1-4H3;1-5,11H,(H,20,21)(H,18,19,22). The van der Waals surface area contributed by atoms with Gasteiger partial charge in [-0.25, -0.2) is 29.9 Å². The lowest BCUT2D eigenvalue weighted by atomic mass is 9.79. The van der Waals surface area contributed by atoms with E-state index >= 15 is 0 Å². The molecule has 10 aromatic rings. The summed E-state index contributed by atoms with van der Waals surface area (Å²) in [6, 6.07) is 24.7. The molecule has 4 N–H and O–H groups in total. The number of aromatic amines is 2. The van der Waals surface area contributed by atoms with Gasteiger partial charge < -0.3 is 48.2 Å². The van der Waals surface area contributed by atoms with Crippen molar-refractivity contribution in [1.82, 2.24) is 70.1 Å². The van der Waals surface area contributed by atoms with Gasteiger partial charge in [0.2, 0.25) is 11.9 Å². The van der Waals surface area contributed by atoms with Crippen molar-refractivity contribution in [1.29, 1.82) is 0 Å². The summed E-state index contributed by atoms with van der Waals surface area (Å²) in [5, 5.41) is 20.0. The van der Waals surface area contributed by atoms with Crippen LogP contribution in [-0.4, -0.2) is 141 Å². The fraction of sp³-hybridized carbons (Fsp3) is 0.321. The Morgan fingerprint density at radius 3 is 1.46 bits per heavy atom. The average molecular weight is 1220 g/mol. The average Bonchev–Trinajstić information content (AvgIpc) is 4.47. The molecule has 0 unspecified atom stereocenters. The maximum atomic E-state index is 12.7. The third kappa shape index (κ3) is 13.8. The maximum absolute atomic E-state index is 12.7. The lowest BCUT2D eigenvalue weighted by molar-refractivity contribution is 0.00578. The summed E-state index contributed by atoms with van der Waals surface area (Å²) >= 11 is 3.44. The van der Waals surface area contributed by atoms with E-state index in [4.69, 9.17) is 27.6 Å². The molecular formula is C56H56BBrF4N16O6. The first-order valence-electron chi connectivity index (χ1n) is 26.8. The van der Waals surface area contributed by atoms with Crippen molar-refractivity contribution in [2.45, 2.75) is 64.8 Å². The highest BCUT2D eigenvalue weighted by atomic mass is 79.9. The number of fused-ring (bicyclic) bond motifs is 2. The zero-order valence-corrected chi connectivity index (χ0v) is 47.5. The molecule has 0 atom stereocenters. The smallest absolute Gasteiger partial charge is 0.415 e. The van der Waals surface area contributed by atoms with Crippen LogP contribution in [0.25, 0.3) is 56.1 Å². The molecule has 3 aliphatic rings. The number of aromatic nitrogens is 12. The van der Waals surface area contributed by atoms with Crippen molar-refractivity contribution in [2.24, 2.45) is 0 Å². The van der Waals surface area contributed by atoms with E-state index in [0.717, 1.165) is 120 Å². The van der Waals surface area contributed by atoms with Crippen LogP contribution in [0, 0.1) is 0 Å². The minimum atomic E-state index is -2.84. The number of nitrogens with zero attached hydrogens (tertiary/aromatic N) is 12. The van der Waals surface area contributed by atoms with Gasteiger partial charge in [-0.3, -0.25) is 9.80 Å². The fourth-order valence-electron chi connectivity index (χ4n) is 9.15. The summed E-state index contributed by atoms with van der Waals surface area (Å²) in [7, 11) is -0.276. The zero-order valence-electron chi connectivity index (χ0n) is 45.9. The summed E-state index contributed by atoms with van der Waals surface area (Å²) in [4.78, 5) is 36.5. The predicted molar refractivity (Wildman–Crippen MR) is 307 cm³/mol. The lowest BCUT2D eigenvalue weighted by Gasteiger charge is -2.32. The Morgan fingerprint density at radius 2 is 1.00 bits per heavy atom. The van der Waals surface area contributed by atoms with Crippen molar-refractivity contribution in [3.8, 4) is 34.0 Å². The molecule has 0 radical (unpaired) electrons. The molecule has 3 fully saturated rings. The van der Waals surface area contributed by atoms with Crippen LogP contribution in [0.15, 0.2) is 124 Å². The number of imidazole rings is 2. The number of benzene rings is 4. The number of hydrogen-bond acceptors (Lipinski definition) is 20. The van der Waals surface area contributed by atoms with E-state index in [2.05, 4.69) is 173 Å². The molecule has 3 aliphatic heterocycles. The third-order valence-corrected chi connectivity index (χ3v) is 15.0. The Bertz CT molecular complexity index is 3770. The topological polar surface area (TPSA) is 254 Å². The van der Waals surface area contributed by atoms with Gasteiger partial charge in [0.05, 0.1) is 78.0 Å². The van der Waals surface area contributed by atoms with Crippen LogP contribution in [0.4, 0.5) is 40.8 Å². The minimum absolute atomic E-state index is 0.0662. The quantitative estimate of drug-likeness (QED) is 0.0583. The molecule has 0 spiro atoms. The van der Waals surface area contributed by atoms with E-state index < -0.39 is 24.6 Å². The van der Waals surface area contributed by atoms with E-state index in [9.17, 15) is 17.6 Å². The molecule has 84 heavy (non-hydrogen) atoms. The van der Waals surface area contributed by atoms with E-state index in [0.29, 0.717) is 23.0 Å². The highest BCUT2D eigenvalue weighted by Gasteiger charge is 2.51. The first-order valence-corrected chi connectivity index (χ1v) is 27.5. The highest BCUT2D eigenvalue weighted by molar-refractivity contribution is 9.10. The molecule has 4 aromatic carbocycles. The Labute approximate surface area is 486 Å². The monoisotopic (exact) mass is 1210 g/mol. The SMILES string of the molecule is CC1(C)OB(c2ccc(CN3CCOCC3)cc2)OC1(C)C.FC(F)c1nnc(-c2cnc(Nc3cc(-c4ccc(CN5CCOCC5)cc4)c4nc[nH]c4c3)nc2)o1.FC(F)c1nnc(-c2cnc(Nc3cc(Br)c4nc[nH]c4c3)nc2)o1. The maximum Gasteiger partial charge on any atom is 0.494 e. The van der Waals surface area contributed by atoms with Gasteiger partial charge in [0.1, 0.15) is 5.52 Å². The normalized spacial score (nSPS) is 16.2. The number of nitrogens with one attached hydrogen (secondary N) is 4. The first kappa shape index (κ1) is 57.7. The van der Waals surface area contributed by atoms with Gasteiger partial charge in [0.25, 0.3) is 23.6 Å². The molecule has 22 nitrogen and oxygen atoms in total. The molecular weight excluding hydrogens is 1160 g/mol. The second-order valence-corrected chi connectivity index (χ2v) is 21.6. The number of alkyl halides is 4. The molecule has 0 aliphatic carbocycles. The molecule has 9 heterocycles. The Morgan fingerprint density at radius 1 is 0.560 bits per heavy atom. The summed E-state index contributed by atoms with van der Waals surface area (Å²) in [6.45, 7) is 17.3. The van der Waals surface area contributed by atoms with E-state index in [-0.39, 0.29) is 30.1 Å². The summed E-state index contributed by atoms with van der Waals surface area (Å²) in [5.74, 6) is -0.976. The zero-order chi connectivity index (χ0) is 58.4. The molecule has 3 saturated heterocycles. The second kappa shape index (κ2) is 25.4. The van der Waals surface area contributed by atoms with E-state index in [1.54, 1.807) is 12.7 Å². The first-order chi connectivity index (χ1) is 40.6. The van der Waals surface area contributed by atoms with E-state index in [1.165, 1.54) is 35.9 Å². The predicted octanol–water partition coefficient (Wildman–Crippen LogP) is 10.2. The summed E-state index contributed by atoms with van der Waals surface area (Å²) < 4.78 is 84.0.